The van der Waals surface area contributed by atoms with Crippen LogP contribution in [-0.2, 0) is 16.0 Å². The number of nitrogens with zero attached hydrogens (tertiary/aromatic N) is 3. The molecule has 1 aromatic heterocycles. The standard InChI is InChI=1S/C19H16Cl2N4O3S4/c1-8-23-24-19(32-8)31-7-10-6-30-17-14(16(26)25(17)15(10)18(27)28)22-13(29)5-9-2-3-11(20)12(21)4-9/h2-4,14,17H,5-7H2,1H3,(H,22,29)(H,27,28)/t14?,17-/m0/s1. The Labute approximate surface area is 211 Å². The molecule has 7 nitrogen and oxygen atoms in total. The highest BCUT2D eigenvalue weighted by atomic mass is 35.5. The van der Waals surface area contributed by atoms with Gasteiger partial charge in [0.25, 0.3) is 5.91 Å². The van der Waals surface area contributed by atoms with Crippen molar-refractivity contribution in [1.29, 1.82) is 0 Å². The summed E-state index contributed by atoms with van der Waals surface area (Å²) in [4.78, 5) is 26.7. The molecule has 4 rings (SSSR count). The molecule has 2 atom stereocenters. The average Bonchev–Trinajstić information content (AvgIpc) is 3.17. The molecule has 2 aliphatic heterocycles. The van der Waals surface area contributed by atoms with Gasteiger partial charge in [0.15, 0.2) is 4.34 Å². The van der Waals surface area contributed by atoms with Crippen LogP contribution in [0.25, 0.3) is 0 Å². The largest absolute Gasteiger partial charge is 0.477 e. The molecule has 13 heteroatoms. The number of nitrogens with one attached hydrogen (secondary N) is 1. The number of fused-ring (bicyclic) bond motifs is 1. The zero-order chi connectivity index (χ0) is 23.0. The van der Waals surface area contributed by atoms with Crippen molar-refractivity contribution < 1.29 is 14.7 Å². The van der Waals surface area contributed by atoms with Crippen LogP contribution in [0.4, 0.5) is 0 Å². The smallest absolute Gasteiger partial charge is 0.352 e. The maximum atomic E-state index is 12.8. The molecule has 1 aromatic carbocycles. The Bertz CT molecular complexity index is 1140. The average molecular weight is 548 g/mol. The van der Waals surface area contributed by atoms with E-state index in [9.17, 15) is 14.7 Å². The lowest BCUT2D eigenvalue weighted by molar-refractivity contribution is -0.148. The number of aryl methyl sites for hydroxylation is 1. The Morgan fingerprint density at radius 1 is 1.38 bits per heavy atom. The molecule has 2 N–H and O–H groups in total. The van der Waals surface area contributed by atoms with Gasteiger partial charge in [0.2, 0.25) is 0 Å². The fraction of sp³-hybridized carbons (Fsp3) is 0.316. The number of β-lactam (4-membered cyclic amide) rings is 1. The van der Waals surface area contributed by atoms with E-state index in [4.69, 9.17) is 35.4 Å². The minimum absolute atomic E-state index is 0.0564. The molecule has 1 amide bonds. The van der Waals surface area contributed by atoms with Gasteiger partial charge in [0.1, 0.15) is 22.1 Å². The Morgan fingerprint density at radius 2 is 2.16 bits per heavy atom. The summed E-state index contributed by atoms with van der Waals surface area (Å²) in [7, 11) is 0. The highest BCUT2D eigenvalue weighted by Crippen LogP contribution is 2.41. The summed E-state index contributed by atoms with van der Waals surface area (Å²) in [5.74, 6) is -0.457. The first-order valence-electron chi connectivity index (χ1n) is 9.30. The van der Waals surface area contributed by atoms with Crippen LogP contribution in [0.3, 0.4) is 0 Å². The number of aromatic nitrogens is 2. The van der Waals surface area contributed by atoms with Gasteiger partial charge >= 0.3 is 5.97 Å². The molecule has 0 aliphatic carbocycles. The molecule has 32 heavy (non-hydrogen) atoms. The molecule has 0 bridgehead atoms. The van der Waals surface area contributed by atoms with Crippen LogP contribution in [0.2, 0.25) is 10.0 Å². The number of rotatable bonds is 7. The number of hydrogen-bond donors (Lipinski definition) is 2. The van der Waals surface area contributed by atoms with Gasteiger partial charge in [-0.2, -0.15) is 0 Å². The molecule has 1 unspecified atom stereocenters. The van der Waals surface area contributed by atoms with Crippen LogP contribution in [0.5, 0.6) is 0 Å². The highest BCUT2D eigenvalue weighted by molar-refractivity contribution is 8.01. The van der Waals surface area contributed by atoms with Gasteiger partial charge < -0.3 is 10.4 Å². The van der Waals surface area contributed by atoms with E-state index in [2.05, 4.69) is 15.5 Å². The Morgan fingerprint density at radius 3 is 2.81 bits per heavy atom. The summed E-state index contributed by atoms with van der Waals surface area (Å²) in [6.07, 6.45) is 0.401. The van der Waals surface area contributed by atoms with Gasteiger partial charge in [0, 0.05) is 17.9 Å². The van der Waals surface area contributed by atoms with Crippen molar-refractivity contribution in [2.75, 3.05) is 11.5 Å². The van der Waals surface area contributed by atoms with Crippen molar-refractivity contribution in [3.8, 4) is 0 Å². The number of halogens is 2. The fourth-order valence-corrected chi connectivity index (χ4v) is 7.25. The lowest BCUT2D eigenvalue weighted by Crippen LogP contribution is -2.70. The van der Waals surface area contributed by atoms with Gasteiger partial charge in [0.05, 0.1) is 15.0 Å². The quantitative estimate of drug-likeness (QED) is 0.303. The zero-order valence-corrected chi connectivity index (χ0v) is 21.3. The van der Waals surface area contributed by atoms with Gasteiger partial charge in [-0.15, -0.1) is 22.0 Å². The summed E-state index contributed by atoms with van der Waals surface area (Å²) >= 11 is 21.8. The number of hydrogen-bond acceptors (Lipinski definition) is 8. The number of amides is 1. The van der Waals surface area contributed by atoms with Gasteiger partial charge in [-0.1, -0.05) is 64.6 Å². The molecule has 168 valence electrons. The van der Waals surface area contributed by atoms with E-state index in [0.29, 0.717) is 38.5 Å². The molecule has 0 saturated carbocycles. The van der Waals surface area contributed by atoms with Crippen molar-refractivity contribution in [1.82, 2.24) is 20.4 Å². The number of carbonyl (C=O) groups is 2. The fourth-order valence-electron chi connectivity index (χ4n) is 3.34. The lowest BCUT2D eigenvalue weighted by atomic mass is 10.0. The Hall–Kier alpha value is -1.37. The Balaban J connectivity index is 1.42. The maximum absolute atomic E-state index is 12.8. The molecular weight excluding hydrogens is 531 g/mol. The number of thiocarbonyl (C=S) groups is 1. The molecule has 1 fully saturated rings. The van der Waals surface area contributed by atoms with Crippen molar-refractivity contribution in [2.24, 2.45) is 0 Å². The molecular formula is C19H16Cl2N4O3S4. The highest BCUT2D eigenvalue weighted by Gasteiger charge is 2.53. The van der Waals surface area contributed by atoms with E-state index >= 15 is 0 Å². The predicted octanol–water partition coefficient (Wildman–Crippen LogP) is 4.03. The minimum Gasteiger partial charge on any atom is -0.477 e. The van der Waals surface area contributed by atoms with Crippen LogP contribution >= 0.6 is 70.3 Å². The van der Waals surface area contributed by atoms with Crippen molar-refractivity contribution in [3.63, 3.8) is 0 Å². The molecule has 0 spiro atoms. The third kappa shape index (κ3) is 4.92. The van der Waals surface area contributed by atoms with E-state index in [0.717, 1.165) is 14.9 Å². The maximum Gasteiger partial charge on any atom is 0.352 e. The second-order valence-electron chi connectivity index (χ2n) is 7.01. The number of aliphatic carboxylic acids is 1. The predicted molar refractivity (Wildman–Crippen MR) is 133 cm³/mol. The first kappa shape index (κ1) is 23.8. The van der Waals surface area contributed by atoms with Gasteiger partial charge in [-0.25, -0.2) is 4.79 Å². The SMILES string of the molecule is Cc1nnc(SCC2=C(C(=O)O)N3C(=O)C(NC(=S)Cc4ccc(Cl)c(Cl)c4)[C@@H]3SC2)s1. The van der Waals surface area contributed by atoms with Crippen LogP contribution in [0.1, 0.15) is 10.6 Å². The number of carbonyl (C=O) groups excluding carboxylic acids is 1. The third-order valence-corrected chi connectivity index (χ3v) is 9.19. The summed E-state index contributed by atoms with van der Waals surface area (Å²) in [5.41, 5.74) is 1.62. The van der Waals surface area contributed by atoms with Crippen molar-refractivity contribution in [2.45, 2.75) is 29.1 Å². The van der Waals surface area contributed by atoms with Crippen molar-refractivity contribution in [3.05, 3.63) is 50.1 Å². The number of thioether (sulfide) groups is 2. The minimum atomic E-state index is -1.11. The van der Waals surface area contributed by atoms with E-state index in [1.165, 1.54) is 39.8 Å². The number of benzene rings is 1. The molecule has 0 radical (unpaired) electrons. The van der Waals surface area contributed by atoms with Gasteiger partial charge in [-0.3, -0.25) is 9.69 Å². The third-order valence-electron chi connectivity index (χ3n) is 4.79. The Kier molecular flexibility index (Phi) is 7.33. The van der Waals surface area contributed by atoms with Gasteiger partial charge in [-0.05, 0) is 30.2 Å². The molecule has 1 saturated heterocycles. The monoisotopic (exact) mass is 546 g/mol. The number of carboxylic acids is 1. The second kappa shape index (κ2) is 9.86. The summed E-state index contributed by atoms with van der Waals surface area (Å²) in [5, 5.41) is 22.3. The molecule has 2 aromatic rings. The summed E-state index contributed by atoms with van der Waals surface area (Å²) in [6, 6.07) is 4.68. The van der Waals surface area contributed by atoms with Crippen LogP contribution < -0.4 is 5.32 Å². The van der Waals surface area contributed by atoms with Crippen LogP contribution in [0.15, 0.2) is 33.8 Å². The van der Waals surface area contributed by atoms with Crippen molar-refractivity contribution >= 4 is 87.1 Å². The normalized spacial score (nSPS) is 20.1. The van der Waals surface area contributed by atoms with E-state index in [-0.39, 0.29) is 17.0 Å². The lowest BCUT2D eigenvalue weighted by Gasteiger charge is -2.49. The summed E-state index contributed by atoms with van der Waals surface area (Å²) in [6.45, 7) is 1.86. The summed E-state index contributed by atoms with van der Waals surface area (Å²) < 4.78 is 0.772. The van der Waals surface area contributed by atoms with Crippen LogP contribution in [-0.4, -0.2) is 60.0 Å². The van der Waals surface area contributed by atoms with E-state index in [1.807, 2.05) is 13.0 Å². The van der Waals surface area contributed by atoms with Crippen LogP contribution in [0, 0.1) is 6.92 Å². The zero-order valence-electron chi connectivity index (χ0n) is 16.5. The second-order valence-corrected chi connectivity index (χ2v) is 11.8. The first-order valence-corrected chi connectivity index (χ1v) is 13.3. The van der Waals surface area contributed by atoms with E-state index < -0.39 is 12.0 Å². The molecule has 2 aliphatic rings. The first-order chi connectivity index (χ1) is 15.2. The topological polar surface area (TPSA) is 95.4 Å². The molecule has 3 heterocycles. The number of carboxylic acid groups (broad SMARTS) is 1. The van der Waals surface area contributed by atoms with E-state index in [1.54, 1.807) is 12.1 Å².